The molecule has 114 valence electrons. The molecule has 6 nitrogen and oxygen atoms in total. The van der Waals surface area contributed by atoms with Crippen molar-refractivity contribution >= 4 is 5.91 Å². The normalized spacial score (nSPS) is 24.7. The zero-order valence-electron chi connectivity index (χ0n) is 12.6. The lowest BCUT2D eigenvalue weighted by molar-refractivity contribution is -0.123. The second kappa shape index (κ2) is 6.09. The molecule has 0 radical (unpaired) electrons. The highest BCUT2D eigenvalue weighted by Crippen LogP contribution is 2.20. The highest BCUT2D eigenvalue weighted by atomic mass is 16.2. The molecule has 0 spiro atoms. The number of carbonyl (C=O) groups excluding carboxylic acids is 1. The number of aryl methyl sites for hydroxylation is 1. The third-order valence-corrected chi connectivity index (χ3v) is 4.32. The Labute approximate surface area is 125 Å². The van der Waals surface area contributed by atoms with E-state index in [0.29, 0.717) is 12.6 Å². The smallest absolute Gasteiger partial charge is 0.238 e. The zero-order valence-corrected chi connectivity index (χ0v) is 12.6. The van der Waals surface area contributed by atoms with Crippen molar-refractivity contribution in [3.05, 3.63) is 28.6 Å². The van der Waals surface area contributed by atoms with Crippen molar-refractivity contribution in [2.75, 3.05) is 6.54 Å². The Hall–Kier alpha value is -1.50. The van der Waals surface area contributed by atoms with Crippen LogP contribution in [0.4, 0.5) is 0 Å². The third-order valence-electron chi connectivity index (χ3n) is 4.32. The molecular formula is C15H23N5O. The molecule has 2 aliphatic heterocycles. The van der Waals surface area contributed by atoms with E-state index >= 15 is 0 Å². The van der Waals surface area contributed by atoms with E-state index in [4.69, 9.17) is 0 Å². The summed E-state index contributed by atoms with van der Waals surface area (Å²) in [5, 5.41) is 6.41. The minimum Gasteiger partial charge on any atom is -0.351 e. The molecule has 1 fully saturated rings. The van der Waals surface area contributed by atoms with Gasteiger partial charge in [0, 0.05) is 31.0 Å². The van der Waals surface area contributed by atoms with Crippen LogP contribution in [0.15, 0.2) is 6.20 Å². The summed E-state index contributed by atoms with van der Waals surface area (Å²) >= 11 is 0. The van der Waals surface area contributed by atoms with Crippen LogP contribution in [0.3, 0.4) is 0 Å². The average molecular weight is 289 g/mol. The van der Waals surface area contributed by atoms with Gasteiger partial charge in [0.25, 0.3) is 0 Å². The fraction of sp³-hybridized carbons (Fsp3) is 0.600. The quantitative estimate of drug-likeness (QED) is 0.625. The van der Waals surface area contributed by atoms with Gasteiger partial charge in [0.1, 0.15) is 6.04 Å². The number of hydrogen-bond acceptors (Lipinski definition) is 5. The summed E-state index contributed by atoms with van der Waals surface area (Å²) in [5.74, 6) is 0.0535. The van der Waals surface area contributed by atoms with Gasteiger partial charge < -0.3 is 10.6 Å². The SMILES string of the molecule is Cc1ncc2c(c1CNC(=O)C1CC(C)NN1)CCNC2. The maximum absolute atomic E-state index is 12.2. The first-order chi connectivity index (χ1) is 10.1. The van der Waals surface area contributed by atoms with Crippen molar-refractivity contribution in [2.24, 2.45) is 0 Å². The van der Waals surface area contributed by atoms with Crippen LogP contribution in [-0.4, -0.2) is 29.5 Å². The topological polar surface area (TPSA) is 78.1 Å². The number of rotatable bonds is 3. The molecule has 4 N–H and O–H groups in total. The van der Waals surface area contributed by atoms with Gasteiger partial charge >= 0.3 is 0 Å². The zero-order chi connectivity index (χ0) is 14.8. The molecule has 1 aromatic heterocycles. The molecule has 21 heavy (non-hydrogen) atoms. The standard InChI is InChI=1S/C15H23N5O/c1-9-5-14(20-19-9)15(21)18-8-13-10(2)17-7-11-6-16-4-3-12(11)13/h7,9,14,16,19-20H,3-6,8H2,1-2H3,(H,18,21). The second-order valence-corrected chi connectivity index (χ2v) is 5.95. The summed E-state index contributed by atoms with van der Waals surface area (Å²) in [6.45, 7) is 6.50. The van der Waals surface area contributed by atoms with E-state index in [2.05, 4.69) is 33.4 Å². The molecule has 1 aromatic rings. The largest absolute Gasteiger partial charge is 0.351 e. The summed E-state index contributed by atoms with van der Waals surface area (Å²) in [6.07, 6.45) is 3.77. The number of pyridine rings is 1. The van der Waals surface area contributed by atoms with E-state index in [1.165, 1.54) is 16.7 Å². The molecule has 0 saturated carbocycles. The van der Waals surface area contributed by atoms with Crippen molar-refractivity contribution in [3.8, 4) is 0 Å². The van der Waals surface area contributed by atoms with Gasteiger partial charge in [-0.15, -0.1) is 0 Å². The average Bonchev–Trinajstić information content (AvgIpc) is 2.92. The molecule has 2 atom stereocenters. The minimum atomic E-state index is -0.144. The highest BCUT2D eigenvalue weighted by Gasteiger charge is 2.26. The fourth-order valence-corrected chi connectivity index (χ4v) is 3.06. The van der Waals surface area contributed by atoms with Gasteiger partial charge in [-0.3, -0.25) is 15.2 Å². The van der Waals surface area contributed by atoms with Gasteiger partial charge in [0.2, 0.25) is 5.91 Å². The molecule has 0 aromatic carbocycles. The van der Waals surface area contributed by atoms with Crippen LogP contribution in [0.1, 0.15) is 35.7 Å². The molecule has 2 unspecified atom stereocenters. The number of aromatic nitrogens is 1. The Kier molecular flexibility index (Phi) is 4.19. The van der Waals surface area contributed by atoms with Crippen LogP contribution in [-0.2, 0) is 24.3 Å². The molecule has 0 bridgehead atoms. The lowest BCUT2D eigenvalue weighted by Crippen LogP contribution is -2.43. The van der Waals surface area contributed by atoms with Gasteiger partial charge in [-0.2, -0.15) is 0 Å². The molecule has 1 saturated heterocycles. The predicted molar refractivity (Wildman–Crippen MR) is 80.4 cm³/mol. The van der Waals surface area contributed by atoms with Crippen LogP contribution >= 0.6 is 0 Å². The number of fused-ring (bicyclic) bond motifs is 1. The van der Waals surface area contributed by atoms with E-state index in [9.17, 15) is 4.79 Å². The molecule has 3 rings (SSSR count). The van der Waals surface area contributed by atoms with E-state index in [1.807, 2.05) is 13.1 Å². The van der Waals surface area contributed by atoms with Gasteiger partial charge in [-0.1, -0.05) is 0 Å². The fourth-order valence-electron chi connectivity index (χ4n) is 3.06. The monoisotopic (exact) mass is 289 g/mol. The highest BCUT2D eigenvalue weighted by molar-refractivity contribution is 5.82. The number of amides is 1. The Morgan fingerprint density at radius 3 is 3.10 bits per heavy atom. The Bertz CT molecular complexity index is 545. The van der Waals surface area contributed by atoms with Crippen molar-refractivity contribution in [1.82, 2.24) is 26.5 Å². The summed E-state index contributed by atoms with van der Waals surface area (Å²) in [7, 11) is 0. The Morgan fingerprint density at radius 2 is 2.33 bits per heavy atom. The Morgan fingerprint density at radius 1 is 1.48 bits per heavy atom. The van der Waals surface area contributed by atoms with Crippen molar-refractivity contribution in [3.63, 3.8) is 0 Å². The first kappa shape index (κ1) is 14.4. The van der Waals surface area contributed by atoms with Crippen molar-refractivity contribution in [2.45, 2.75) is 51.9 Å². The summed E-state index contributed by atoms with van der Waals surface area (Å²) in [5.41, 5.74) is 10.9. The summed E-state index contributed by atoms with van der Waals surface area (Å²) in [6, 6.07) is 0.189. The van der Waals surface area contributed by atoms with Gasteiger partial charge in [0.15, 0.2) is 0 Å². The summed E-state index contributed by atoms with van der Waals surface area (Å²) in [4.78, 5) is 16.7. The van der Waals surface area contributed by atoms with Crippen LogP contribution in [0.5, 0.6) is 0 Å². The first-order valence-electron chi connectivity index (χ1n) is 7.61. The van der Waals surface area contributed by atoms with Crippen LogP contribution < -0.4 is 21.5 Å². The lowest BCUT2D eigenvalue weighted by Gasteiger charge is -2.22. The van der Waals surface area contributed by atoms with Gasteiger partial charge in [0.05, 0.1) is 0 Å². The number of hydrogen-bond donors (Lipinski definition) is 4. The predicted octanol–water partition coefficient (Wildman–Crippen LogP) is -0.0931. The summed E-state index contributed by atoms with van der Waals surface area (Å²) < 4.78 is 0. The second-order valence-electron chi connectivity index (χ2n) is 5.95. The molecule has 6 heteroatoms. The van der Waals surface area contributed by atoms with Crippen molar-refractivity contribution < 1.29 is 4.79 Å². The number of carbonyl (C=O) groups is 1. The number of nitrogens with one attached hydrogen (secondary N) is 4. The van der Waals surface area contributed by atoms with Crippen LogP contribution in [0, 0.1) is 6.92 Å². The van der Waals surface area contributed by atoms with Crippen LogP contribution in [0.25, 0.3) is 0 Å². The molecule has 1 amide bonds. The van der Waals surface area contributed by atoms with E-state index in [-0.39, 0.29) is 11.9 Å². The minimum absolute atomic E-state index is 0.0535. The lowest BCUT2D eigenvalue weighted by atomic mass is 9.96. The molecule has 2 aliphatic rings. The molecule has 0 aliphatic carbocycles. The maximum Gasteiger partial charge on any atom is 0.238 e. The number of nitrogens with zero attached hydrogens (tertiary/aromatic N) is 1. The number of hydrazine groups is 1. The van der Waals surface area contributed by atoms with E-state index in [0.717, 1.165) is 31.6 Å². The Balaban J connectivity index is 1.69. The van der Waals surface area contributed by atoms with E-state index in [1.54, 1.807) is 0 Å². The first-order valence-corrected chi connectivity index (χ1v) is 7.61. The molecule has 3 heterocycles. The third kappa shape index (κ3) is 3.07. The van der Waals surface area contributed by atoms with E-state index < -0.39 is 0 Å². The van der Waals surface area contributed by atoms with Gasteiger partial charge in [-0.05, 0) is 49.9 Å². The molecular weight excluding hydrogens is 266 g/mol. The van der Waals surface area contributed by atoms with Crippen LogP contribution in [0.2, 0.25) is 0 Å². The maximum atomic E-state index is 12.2. The van der Waals surface area contributed by atoms with Gasteiger partial charge in [-0.25, -0.2) is 5.43 Å². The van der Waals surface area contributed by atoms with Crippen molar-refractivity contribution in [1.29, 1.82) is 0 Å².